The molecule has 1 atom stereocenters. The third-order valence-electron chi connectivity index (χ3n) is 3.24. The van der Waals surface area contributed by atoms with Gasteiger partial charge in [0.2, 0.25) is 5.60 Å². The largest absolute Gasteiger partial charge is 0.421 e. The maximum absolute atomic E-state index is 13.2. The van der Waals surface area contributed by atoms with Gasteiger partial charge >= 0.3 is 6.09 Å². The zero-order valence-corrected chi connectivity index (χ0v) is 12.4. The van der Waals surface area contributed by atoms with Gasteiger partial charge in [-0.15, -0.1) is 6.42 Å². The number of hydrogen-bond donors (Lipinski definition) is 0. The second-order valence-corrected chi connectivity index (χ2v) is 4.96. The molecule has 0 spiro atoms. The fourth-order valence-electron chi connectivity index (χ4n) is 2.06. The van der Waals surface area contributed by atoms with Crippen molar-refractivity contribution >= 4 is 6.09 Å². The van der Waals surface area contributed by atoms with Crippen LogP contribution in [-0.2, 0) is 10.3 Å². The molecule has 2 aromatic rings. The lowest BCUT2D eigenvalue weighted by atomic mass is 9.87. The average molecular weight is 297 g/mol. The highest BCUT2D eigenvalue weighted by molar-refractivity contribution is 5.69. The quantitative estimate of drug-likeness (QED) is 0.813. The molecule has 112 valence electrons. The lowest BCUT2D eigenvalue weighted by Crippen LogP contribution is -2.36. The molecule has 0 aliphatic heterocycles. The molecule has 1 amide bonds. The van der Waals surface area contributed by atoms with Gasteiger partial charge in [0.25, 0.3) is 0 Å². The molecule has 0 aliphatic rings. The number of carbonyl (C=O) groups excluding carboxylic acids is 1. The average Bonchev–Trinajstić information content (AvgIpc) is 2.54. The molecule has 0 N–H and O–H groups in total. The van der Waals surface area contributed by atoms with Crippen molar-refractivity contribution in [2.45, 2.75) is 5.60 Å². The smallest absolute Gasteiger partial charge is 0.411 e. The SMILES string of the molecule is C#C[C@](OC(=O)N(C)C)(c1ccccc1)c1ccc(F)cc1. The molecule has 0 unspecified atom stereocenters. The Morgan fingerprint density at radius 1 is 1.09 bits per heavy atom. The molecular formula is C18H16FNO2. The summed E-state index contributed by atoms with van der Waals surface area (Å²) in [5.74, 6) is 2.17. The van der Waals surface area contributed by atoms with E-state index in [0.717, 1.165) is 0 Å². The summed E-state index contributed by atoms with van der Waals surface area (Å²) in [5, 5.41) is 0. The van der Waals surface area contributed by atoms with E-state index in [1.807, 2.05) is 6.07 Å². The first-order valence-corrected chi connectivity index (χ1v) is 6.69. The first kappa shape index (κ1) is 15.6. The summed E-state index contributed by atoms with van der Waals surface area (Å²) < 4.78 is 18.8. The van der Waals surface area contributed by atoms with Crippen molar-refractivity contribution in [1.82, 2.24) is 4.90 Å². The molecule has 0 saturated carbocycles. The van der Waals surface area contributed by atoms with E-state index >= 15 is 0 Å². The number of carbonyl (C=O) groups is 1. The minimum absolute atomic E-state index is 0.387. The van der Waals surface area contributed by atoms with Gasteiger partial charge in [-0.1, -0.05) is 42.5 Å². The summed E-state index contributed by atoms with van der Waals surface area (Å²) >= 11 is 0. The number of amides is 1. The fourth-order valence-corrected chi connectivity index (χ4v) is 2.06. The number of benzene rings is 2. The van der Waals surface area contributed by atoms with Gasteiger partial charge in [-0.25, -0.2) is 9.18 Å². The minimum Gasteiger partial charge on any atom is -0.421 e. The predicted octanol–water partition coefficient (Wildman–Crippen LogP) is 3.40. The van der Waals surface area contributed by atoms with Crippen LogP contribution in [0.5, 0.6) is 0 Å². The van der Waals surface area contributed by atoms with Crippen molar-refractivity contribution in [3.63, 3.8) is 0 Å². The summed E-state index contributed by atoms with van der Waals surface area (Å²) in [7, 11) is 3.14. The van der Waals surface area contributed by atoms with Gasteiger partial charge < -0.3 is 9.64 Å². The molecule has 0 radical (unpaired) electrons. The standard InChI is InChI=1S/C18H16FNO2/c1-4-18(22-17(21)20(2)3,14-8-6-5-7-9-14)15-10-12-16(19)13-11-15/h1,5-13H,2-3H3/t18-/m0/s1. The first-order chi connectivity index (χ1) is 10.5. The van der Waals surface area contributed by atoms with Crippen LogP contribution in [0.3, 0.4) is 0 Å². The van der Waals surface area contributed by atoms with Gasteiger partial charge in [0.15, 0.2) is 0 Å². The highest BCUT2D eigenvalue weighted by Crippen LogP contribution is 2.33. The van der Waals surface area contributed by atoms with E-state index < -0.39 is 11.7 Å². The first-order valence-electron chi connectivity index (χ1n) is 6.69. The molecule has 2 rings (SSSR count). The fraction of sp³-hybridized carbons (Fsp3) is 0.167. The van der Waals surface area contributed by atoms with Crippen LogP contribution in [0.1, 0.15) is 11.1 Å². The monoisotopic (exact) mass is 297 g/mol. The predicted molar refractivity (Wildman–Crippen MR) is 82.6 cm³/mol. The molecule has 0 fully saturated rings. The van der Waals surface area contributed by atoms with E-state index in [2.05, 4.69) is 5.92 Å². The number of halogens is 1. The summed E-state index contributed by atoms with van der Waals surface area (Å²) in [5.41, 5.74) is -0.270. The lowest BCUT2D eigenvalue weighted by Gasteiger charge is -2.30. The van der Waals surface area contributed by atoms with Crippen molar-refractivity contribution in [1.29, 1.82) is 0 Å². The molecule has 22 heavy (non-hydrogen) atoms. The van der Waals surface area contributed by atoms with Crippen molar-refractivity contribution in [2.75, 3.05) is 14.1 Å². The second kappa shape index (κ2) is 6.31. The Bertz CT molecular complexity index is 689. The third-order valence-corrected chi connectivity index (χ3v) is 3.24. The highest BCUT2D eigenvalue weighted by Gasteiger charge is 2.37. The van der Waals surface area contributed by atoms with Crippen LogP contribution in [-0.4, -0.2) is 25.1 Å². The van der Waals surface area contributed by atoms with E-state index in [-0.39, 0.29) is 5.82 Å². The number of nitrogens with zero attached hydrogens (tertiary/aromatic N) is 1. The number of terminal acetylenes is 1. The molecule has 0 aliphatic carbocycles. The van der Waals surface area contributed by atoms with Crippen LogP contribution < -0.4 is 0 Å². The summed E-state index contributed by atoms with van der Waals surface area (Å²) in [6.45, 7) is 0. The van der Waals surface area contributed by atoms with Crippen LogP contribution in [0.15, 0.2) is 54.6 Å². The minimum atomic E-state index is -1.41. The maximum Gasteiger partial charge on any atom is 0.411 e. The van der Waals surface area contributed by atoms with Gasteiger partial charge in [-0.3, -0.25) is 0 Å². The molecule has 0 saturated heterocycles. The van der Waals surface area contributed by atoms with Crippen LogP contribution in [0.4, 0.5) is 9.18 Å². The zero-order valence-electron chi connectivity index (χ0n) is 12.4. The van der Waals surface area contributed by atoms with Gasteiger partial charge in [-0.05, 0) is 18.1 Å². The number of hydrogen-bond acceptors (Lipinski definition) is 2. The van der Waals surface area contributed by atoms with E-state index in [9.17, 15) is 9.18 Å². The van der Waals surface area contributed by atoms with E-state index in [1.54, 1.807) is 38.4 Å². The molecule has 3 nitrogen and oxygen atoms in total. The molecular weight excluding hydrogens is 281 g/mol. The van der Waals surface area contributed by atoms with Gasteiger partial charge in [0.05, 0.1) is 0 Å². The normalized spacial score (nSPS) is 12.8. The molecule has 4 heteroatoms. The summed E-state index contributed by atoms with van der Waals surface area (Å²) in [6, 6.07) is 14.6. The molecule has 0 aromatic heterocycles. The van der Waals surface area contributed by atoms with Crippen LogP contribution in [0, 0.1) is 18.2 Å². The molecule has 2 aromatic carbocycles. The van der Waals surface area contributed by atoms with Crippen molar-refractivity contribution in [3.8, 4) is 12.3 Å². The van der Waals surface area contributed by atoms with Crippen molar-refractivity contribution in [2.24, 2.45) is 0 Å². The Kier molecular flexibility index (Phi) is 4.47. The van der Waals surface area contributed by atoms with E-state index in [0.29, 0.717) is 11.1 Å². The zero-order chi connectivity index (χ0) is 16.2. The van der Waals surface area contributed by atoms with E-state index in [1.165, 1.54) is 29.2 Å². The summed E-state index contributed by atoms with van der Waals surface area (Å²) in [4.78, 5) is 13.4. The number of rotatable bonds is 3. The Balaban J connectivity index is 2.59. The highest BCUT2D eigenvalue weighted by atomic mass is 19.1. The lowest BCUT2D eigenvalue weighted by molar-refractivity contribution is 0.0566. The van der Waals surface area contributed by atoms with Crippen LogP contribution >= 0.6 is 0 Å². The Labute approximate surface area is 129 Å². The van der Waals surface area contributed by atoms with Crippen molar-refractivity contribution in [3.05, 3.63) is 71.5 Å². The van der Waals surface area contributed by atoms with Crippen LogP contribution in [0.2, 0.25) is 0 Å². The third kappa shape index (κ3) is 2.94. The molecule has 0 bridgehead atoms. The second-order valence-electron chi connectivity index (χ2n) is 4.96. The Hall–Kier alpha value is -2.80. The molecule has 0 heterocycles. The van der Waals surface area contributed by atoms with Gasteiger partial charge in [0.1, 0.15) is 5.82 Å². The van der Waals surface area contributed by atoms with E-state index in [4.69, 9.17) is 11.2 Å². The van der Waals surface area contributed by atoms with Gasteiger partial charge in [0, 0.05) is 25.2 Å². The van der Waals surface area contributed by atoms with Crippen molar-refractivity contribution < 1.29 is 13.9 Å². The maximum atomic E-state index is 13.2. The summed E-state index contributed by atoms with van der Waals surface area (Å²) in [6.07, 6.45) is 5.14. The van der Waals surface area contributed by atoms with Crippen LogP contribution in [0.25, 0.3) is 0 Å². The Morgan fingerprint density at radius 2 is 1.64 bits per heavy atom. The Morgan fingerprint density at radius 3 is 2.14 bits per heavy atom. The topological polar surface area (TPSA) is 29.5 Å². The van der Waals surface area contributed by atoms with Gasteiger partial charge in [-0.2, -0.15) is 0 Å². The number of ether oxygens (including phenoxy) is 1.